The van der Waals surface area contributed by atoms with Crippen LogP contribution in [-0.4, -0.2) is 55.0 Å². The molecule has 0 radical (unpaired) electrons. The minimum absolute atomic E-state index is 0.0744. The lowest BCUT2D eigenvalue weighted by Gasteiger charge is -2.26. The van der Waals surface area contributed by atoms with Crippen molar-refractivity contribution in [3.63, 3.8) is 0 Å². The Morgan fingerprint density at radius 2 is 2.05 bits per heavy atom. The van der Waals surface area contributed by atoms with Crippen LogP contribution in [0.3, 0.4) is 0 Å². The molecule has 2 fully saturated rings. The van der Waals surface area contributed by atoms with Gasteiger partial charge in [0.15, 0.2) is 0 Å². The fourth-order valence-corrected chi connectivity index (χ4v) is 3.54. The number of hydrogen-bond donors (Lipinski definition) is 1. The second-order valence-corrected chi connectivity index (χ2v) is 6.05. The first-order valence-corrected chi connectivity index (χ1v) is 7.55. The standard InChI is InChI=1S/C16H23N3O2/c1-18-12-4-5-13(18)10-19(8-7-12)16(20)11-3-6-15(21-2)14(17)9-11/h3,6,9,12-13H,4-5,7-8,10,17H2,1-2H3. The molecule has 0 aliphatic carbocycles. The topological polar surface area (TPSA) is 58.8 Å². The average molecular weight is 289 g/mol. The molecule has 114 valence electrons. The summed E-state index contributed by atoms with van der Waals surface area (Å²) < 4.78 is 5.14. The molecule has 5 heteroatoms. The van der Waals surface area contributed by atoms with E-state index in [-0.39, 0.29) is 5.91 Å². The Labute approximate surface area is 125 Å². The van der Waals surface area contributed by atoms with Gasteiger partial charge in [-0.15, -0.1) is 0 Å². The fraction of sp³-hybridized carbons (Fsp3) is 0.562. The highest BCUT2D eigenvalue weighted by molar-refractivity contribution is 5.95. The van der Waals surface area contributed by atoms with E-state index in [1.165, 1.54) is 12.8 Å². The van der Waals surface area contributed by atoms with Crippen LogP contribution < -0.4 is 10.5 Å². The van der Waals surface area contributed by atoms with Gasteiger partial charge in [-0.1, -0.05) is 0 Å². The van der Waals surface area contributed by atoms with Gasteiger partial charge in [-0.25, -0.2) is 0 Å². The lowest BCUT2D eigenvalue weighted by Crippen LogP contribution is -2.39. The fourth-order valence-electron chi connectivity index (χ4n) is 3.54. The van der Waals surface area contributed by atoms with Crippen LogP contribution in [0.2, 0.25) is 0 Å². The lowest BCUT2D eigenvalue weighted by molar-refractivity contribution is 0.0740. The van der Waals surface area contributed by atoms with Gasteiger partial charge in [0.2, 0.25) is 0 Å². The summed E-state index contributed by atoms with van der Waals surface area (Å²) in [4.78, 5) is 17.1. The zero-order chi connectivity index (χ0) is 15.0. The van der Waals surface area contributed by atoms with E-state index in [2.05, 4.69) is 11.9 Å². The van der Waals surface area contributed by atoms with Gasteiger partial charge in [0.25, 0.3) is 5.91 Å². The number of nitrogens with zero attached hydrogens (tertiary/aromatic N) is 2. The molecule has 2 aliphatic rings. The van der Waals surface area contributed by atoms with Crippen LogP contribution in [-0.2, 0) is 0 Å². The predicted octanol–water partition coefficient (Wildman–Crippen LogP) is 1.59. The van der Waals surface area contributed by atoms with Gasteiger partial charge in [0.1, 0.15) is 5.75 Å². The summed E-state index contributed by atoms with van der Waals surface area (Å²) in [5.41, 5.74) is 7.07. The molecule has 21 heavy (non-hydrogen) atoms. The number of nitrogen functional groups attached to an aromatic ring is 1. The van der Waals surface area contributed by atoms with Crippen molar-refractivity contribution in [1.82, 2.24) is 9.80 Å². The summed E-state index contributed by atoms with van der Waals surface area (Å²) in [7, 11) is 3.76. The molecule has 2 N–H and O–H groups in total. The molecule has 2 aliphatic heterocycles. The smallest absolute Gasteiger partial charge is 0.253 e. The second-order valence-electron chi connectivity index (χ2n) is 6.05. The largest absolute Gasteiger partial charge is 0.495 e. The van der Waals surface area contributed by atoms with Crippen molar-refractivity contribution in [3.05, 3.63) is 23.8 Å². The number of hydrogen-bond acceptors (Lipinski definition) is 4. The van der Waals surface area contributed by atoms with Gasteiger partial charge in [-0.05, 0) is 44.5 Å². The summed E-state index contributed by atoms with van der Waals surface area (Å²) in [6, 6.07) is 6.41. The number of nitrogens with two attached hydrogens (primary N) is 1. The van der Waals surface area contributed by atoms with Crippen LogP contribution in [0.4, 0.5) is 5.69 Å². The number of likely N-dealkylation sites (N-methyl/N-ethyl adjacent to an activating group) is 1. The number of carbonyl (C=O) groups is 1. The lowest BCUT2D eigenvalue weighted by atomic mass is 10.1. The molecule has 0 saturated carbocycles. The molecule has 0 aromatic heterocycles. The number of anilines is 1. The molecule has 1 amide bonds. The molecule has 2 unspecified atom stereocenters. The van der Waals surface area contributed by atoms with E-state index in [1.807, 2.05) is 4.90 Å². The second kappa shape index (κ2) is 5.56. The number of amides is 1. The van der Waals surface area contributed by atoms with Crippen molar-refractivity contribution in [2.75, 3.05) is 33.0 Å². The van der Waals surface area contributed by atoms with E-state index < -0.39 is 0 Å². The van der Waals surface area contributed by atoms with E-state index in [1.54, 1.807) is 25.3 Å². The third-order valence-electron chi connectivity index (χ3n) is 4.91. The molecule has 2 heterocycles. The first-order valence-electron chi connectivity index (χ1n) is 7.55. The Hall–Kier alpha value is -1.75. The number of likely N-dealkylation sites (tertiary alicyclic amines) is 1. The highest BCUT2D eigenvalue weighted by Crippen LogP contribution is 2.29. The minimum atomic E-state index is 0.0744. The van der Waals surface area contributed by atoms with E-state index in [0.29, 0.717) is 29.1 Å². The Morgan fingerprint density at radius 3 is 2.76 bits per heavy atom. The van der Waals surface area contributed by atoms with Gasteiger partial charge in [0.05, 0.1) is 12.8 Å². The molecule has 3 rings (SSSR count). The van der Waals surface area contributed by atoms with Gasteiger partial charge < -0.3 is 15.4 Å². The zero-order valence-corrected chi connectivity index (χ0v) is 12.7. The quantitative estimate of drug-likeness (QED) is 0.840. The summed E-state index contributed by atoms with van der Waals surface area (Å²) in [6.45, 7) is 1.65. The molecule has 1 aromatic rings. The summed E-state index contributed by atoms with van der Waals surface area (Å²) in [6.07, 6.45) is 3.51. The molecular formula is C16H23N3O2. The SMILES string of the molecule is COc1ccc(C(=O)N2CCC3CCC(C2)N3C)cc1N. The maximum Gasteiger partial charge on any atom is 0.253 e. The number of fused-ring (bicyclic) bond motifs is 2. The zero-order valence-electron chi connectivity index (χ0n) is 12.7. The summed E-state index contributed by atoms with van der Waals surface area (Å²) in [5, 5.41) is 0. The van der Waals surface area contributed by atoms with Crippen molar-refractivity contribution < 1.29 is 9.53 Å². The molecule has 1 aromatic carbocycles. The number of methoxy groups -OCH3 is 1. The summed E-state index contributed by atoms with van der Waals surface area (Å²) >= 11 is 0. The third-order valence-corrected chi connectivity index (χ3v) is 4.91. The molecule has 0 spiro atoms. The number of carbonyl (C=O) groups excluding carboxylic acids is 1. The molecule has 5 nitrogen and oxygen atoms in total. The highest BCUT2D eigenvalue weighted by atomic mass is 16.5. The first kappa shape index (κ1) is 14.2. The number of ether oxygens (including phenoxy) is 1. The maximum absolute atomic E-state index is 12.7. The molecule has 2 saturated heterocycles. The van der Waals surface area contributed by atoms with Crippen LogP contribution in [0, 0.1) is 0 Å². The molecule has 2 bridgehead atoms. The van der Waals surface area contributed by atoms with Crippen LogP contribution in [0.25, 0.3) is 0 Å². The van der Waals surface area contributed by atoms with E-state index in [9.17, 15) is 4.79 Å². The monoisotopic (exact) mass is 289 g/mol. The Morgan fingerprint density at radius 1 is 1.29 bits per heavy atom. The minimum Gasteiger partial charge on any atom is -0.495 e. The van der Waals surface area contributed by atoms with Crippen molar-refractivity contribution in [1.29, 1.82) is 0 Å². The van der Waals surface area contributed by atoms with Gasteiger partial charge in [0, 0.05) is 30.7 Å². The Bertz CT molecular complexity index is 546. The normalized spacial score (nSPS) is 25.7. The van der Waals surface area contributed by atoms with Gasteiger partial charge in [-0.2, -0.15) is 0 Å². The van der Waals surface area contributed by atoms with Crippen molar-refractivity contribution >= 4 is 11.6 Å². The Kier molecular flexibility index (Phi) is 3.76. The third kappa shape index (κ3) is 2.58. The van der Waals surface area contributed by atoms with Crippen LogP contribution in [0.15, 0.2) is 18.2 Å². The Balaban J connectivity index is 1.77. The van der Waals surface area contributed by atoms with Crippen molar-refractivity contribution in [3.8, 4) is 5.75 Å². The average Bonchev–Trinajstić information content (AvgIpc) is 2.71. The molecule has 2 atom stereocenters. The highest BCUT2D eigenvalue weighted by Gasteiger charge is 2.36. The van der Waals surface area contributed by atoms with Crippen LogP contribution in [0.1, 0.15) is 29.6 Å². The van der Waals surface area contributed by atoms with E-state index in [0.717, 1.165) is 19.5 Å². The van der Waals surface area contributed by atoms with Gasteiger partial charge >= 0.3 is 0 Å². The number of rotatable bonds is 2. The van der Waals surface area contributed by atoms with Crippen molar-refractivity contribution in [2.45, 2.75) is 31.3 Å². The number of benzene rings is 1. The predicted molar refractivity (Wildman–Crippen MR) is 82.5 cm³/mol. The van der Waals surface area contributed by atoms with Crippen LogP contribution in [0.5, 0.6) is 5.75 Å². The van der Waals surface area contributed by atoms with E-state index in [4.69, 9.17) is 10.5 Å². The van der Waals surface area contributed by atoms with Gasteiger partial charge in [-0.3, -0.25) is 9.69 Å². The summed E-state index contributed by atoms with van der Waals surface area (Å²) in [5.74, 6) is 0.687. The van der Waals surface area contributed by atoms with E-state index >= 15 is 0 Å². The first-order chi connectivity index (χ1) is 10.1. The maximum atomic E-state index is 12.7. The van der Waals surface area contributed by atoms with Crippen LogP contribution >= 0.6 is 0 Å². The van der Waals surface area contributed by atoms with Crippen molar-refractivity contribution in [2.24, 2.45) is 0 Å². The molecular weight excluding hydrogens is 266 g/mol.